The van der Waals surface area contributed by atoms with E-state index in [2.05, 4.69) is 49.6 Å². The van der Waals surface area contributed by atoms with Gasteiger partial charge in [0.2, 0.25) is 0 Å². The number of benzene rings is 2. The first-order valence-electron chi connectivity index (χ1n) is 14.5. The summed E-state index contributed by atoms with van der Waals surface area (Å²) in [7, 11) is 1.69. The molecule has 4 aromatic rings. The summed E-state index contributed by atoms with van der Waals surface area (Å²) in [4.78, 5) is 35.0. The first-order chi connectivity index (χ1) is 20.1. The number of hydrogen-bond acceptors (Lipinski definition) is 7. The Bertz CT molecular complexity index is 1690. The molecule has 0 atom stereocenters. The number of rotatable bonds is 6. The number of piperidine rings is 1. The van der Waals surface area contributed by atoms with Gasteiger partial charge in [-0.05, 0) is 72.7 Å². The maximum Gasteiger partial charge on any atom is 0.293 e. The van der Waals surface area contributed by atoms with Crippen LogP contribution >= 0.6 is 11.3 Å². The van der Waals surface area contributed by atoms with E-state index in [1.165, 1.54) is 15.0 Å². The van der Waals surface area contributed by atoms with Crippen LogP contribution in [0.2, 0.25) is 0 Å². The zero-order valence-electron chi connectivity index (χ0n) is 24.5. The number of anilines is 3. The Balaban J connectivity index is 1.30. The van der Waals surface area contributed by atoms with Crippen molar-refractivity contribution in [1.82, 2.24) is 14.9 Å². The van der Waals surface area contributed by atoms with Crippen LogP contribution < -0.4 is 21.1 Å². The number of carbonyl (C=O) groups is 1. The lowest BCUT2D eigenvalue weighted by molar-refractivity contribution is 0.0999. The summed E-state index contributed by atoms with van der Waals surface area (Å²) in [5.41, 5.74) is 5.29. The smallest absolute Gasteiger partial charge is 0.293 e. The van der Waals surface area contributed by atoms with Gasteiger partial charge in [-0.15, -0.1) is 11.3 Å². The van der Waals surface area contributed by atoms with Crippen LogP contribution in [0, 0.1) is 0 Å². The van der Waals surface area contributed by atoms with Gasteiger partial charge in [0.25, 0.3) is 11.5 Å². The van der Waals surface area contributed by atoms with Gasteiger partial charge in [-0.3, -0.25) is 9.59 Å². The minimum atomic E-state index is -0.276. The molecule has 1 saturated heterocycles. The minimum absolute atomic E-state index is 0.0217. The molecule has 1 fully saturated rings. The number of aromatic nitrogens is 2. The van der Waals surface area contributed by atoms with E-state index < -0.39 is 0 Å². The highest BCUT2D eigenvalue weighted by Crippen LogP contribution is 2.41. The quantitative estimate of drug-likeness (QED) is 0.271. The number of carbonyl (C=O) groups excluding carboxylic acids is 1. The number of aliphatic hydroxyl groups is 1. The third-order valence-electron chi connectivity index (χ3n) is 8.25. The van der Waals surface area contributed by atoms with Gasteiger partial charge in [0.15, 0.2) is 5.82 Å². The zero-order valence-corrected chi connectivity index (χ0v) is 25.3. The fourth-order valence-corrected chi connectivity index (χ4v) is 7.02. The van der Waals surface area contributed by atoms with Gasteiger partial charge in [0, 0.05) is 34.9 Å². The molecule has 8 nitrogen and oxygen atoms in total. The Hall–Kier alpha value is -3.79. The Morgan fingerprint density at radius 3 is 2.50 bits per heavy atom. The summed E-state index contributed by atoms with van der Waals surface area (Å²) in [5.74, 6) is 0.696. The van der Waals surface area contributed by atoms with Crippen LogP contribution in [0.25, 0.3) is 11.3 Å². The van der Waals surface area contributed by atoms with Crippen LogP contribution in [0.15, 0.2) is 59.5 Å². The molecule has 4 heterocycles. The number of hydrogen-bond donors (Lipinski definition) is 3. The van der Waals surface area contributed by atoms with Crippen molar-refractivity contribution >= 4 is 34.4 Å². The SMILES string of the molecule is Cn1cc(-c2cccc(N3Cc4cc(C(C)(C)C)sc4C3=O)c2CO)nc(Nc2ccc(C3CCNCC3)cc2)c1=O. The highest BCUT2D eigenvalue weighted by molar-refractivity contribution is 7.14. The predicted molar refractivity (Wildman–Crippen MR) is 169 cm³/mol. The molecule has 0 saturated carbocycles. The maximum atomic E-state index is 13.5. The summed E-state index contributed by atoms with van der Waals surface area (Å²) in [6.07, 6.45) is 3.92. The van der Waals surface area contributed by atoms with Crippen molar-refractivity contribution in [2.75, 3.05) is 23.3 Å². The van der Waals surface area contributed by atoms with Crippen molar-refractivity contribution in [3.63, 3.8) is 0 Å². The van der Waals surface area contributed by atoms with Crippen LogP contribution in [-0.2, 0) is 25.6 Å². The molecular formula is C33H37N5O3S. The molecule has 0 radical (unpaired) electrons. The number of nitrogens with one attached hydrogen (secondary N) is 2. The highest BCUT2D eigenvalue weighted by Gasteiger charge is 2.34. The molecule has 2 aliphatic rings. The average molecular weight is 584 g/mol. The van der Waals surface area contributed by atoms with Crippen molar-refractivity contribution in [1.29, 1.82) is 0 Å². The van der Waals surface area contributed by atoms with Crippen LogP contribution in [-0.4, -0.2) is 33.7 Å². The number of amides is 1. The number of thiophene rings is 1. The molecule has 218 valence electrons. The van der Waals surface area contributed by atoms with Gasteiger partial charge >= 0.3 is 0 Å². The number of fused-ring (bicyclic) bond motifs is 1. The van der Waals surface area contributed by atoms with Gasteiger partial charge in [-0.1, -0.05) is 45.0 Å². The largest absolute Gasteiger partial charge is 0.392 e. The van der Waals surface area contributed by atoms with E-state index in [1.54, 1.807) is 29.5 Å². The van der Waals surface area contributed by atoms with E-state index in [0.29, 0.717) is 35.0 Å². The summed E-state index contributed by atoms with van der Waals surface area (Å²) in [6, 6.07) is 16.0. The highest BCUT2D eigenvalue weighted by atomic mass is 32.1. The Morgan fingerprint density at radius 2 is 1.83 bits per heavy atom. The molecule has 0 spiro atoms. The summed E-state index contributed by atoms with van der Waals surface area (Å²) >= 11 is 1.55. The van der Waals surface area contributed by atoms with E-state index in [-0.39, 0.29) is 29.3 Å². The Labute approximate surface area is 250 Å². The minimum Gasteiger partial charge on any atom is -0.392 e. The van der Waals surface area contributed by atoms with Crippen molar-refractivity contribution < 1.29 is 9.90 Å². The molecule has 1 amide bonds. The van der Waals surface area contributed by atoms with Crippen molar-refractivity contribution in [3.8, 4) is 11.3 Å². The topological polar surface area (TPSA) is 99.5 Å². The lowest BCUT2D eigenvalue weighted by Gasteiger charge is -2.23. The van der Waals surface area contributed by atoms with Crippen molar-refractivity contribution in [2.45, 2.75) is 58.1 Å². The lowest BCUT2D eigenvalue weighted by Crippen LogP contribution is -2.26. The molecule has 42 heavy (non-hydrogen) atoms. The molecule has 0 bridgehead atoms. The second kappa shape index (κ2) is 11.1. The second-order valence-electron chi connectivity index (χ2n) is 12.2. The van der Waals surface area contributed by atoms with E-state index in [4.69, 9.17) is 4.98 Å². The molecule has 0 unspecified atom stereocenters. The van der Waals surface area contributed by atoms with Crippen LogP contribution in [0.5, 0.6) is 0 Å². The third-order valence-corrected chi connectivity index (χ3v) is 9.84. The molecular weight excluding hydrogens is 546 g/mol. The number of aliphatic hydroxyl groups excluding tert-OH is 1. The second-order valence-corrected chi connectivity index (χ2v) is 13.3. The van der Waals surface area contributed by atoms with Gasteiger partial charge in [0.05, 0.1) is 29.4 Å². The molecule has 2 aromatic heterocycles. The van der Waals surface area contributed by atoms with E-state index in [9.17, 15) is 14.7 Å². The van der Waals surface area contributed by atoms with Gasteiger partial charge < -0.3 is 25.2 Å². The third kappa shape index (κ3) is 5.28. The summed E-state index contributed by atoms with van der Waals surface area (Å²) < 4.78 is 1.49. The molecule has 3 N–H and O–H groups in total. The van der Waals surface area contributed by atoms with Crippen LogP contribution in [0.4, 0.5) is 17.2 Å². The number of aryl methyl sites for hydroxylation is 1. The monoisotopic (exact) mass is 583 g/mol. The van der Waals surface area contributed by atoms with E-state index >= 15 is 0 Å². The fourth-order valence-electron chi connectivity index (χ4n) is 5.84. The predicted octanol–water partition coefficient (Wildman–Crippen LogP) is 5.67. The molecule has 0 aliphatic carbocycles. The Kier molecular flexibility index (Phi) is 7.51. The standard InChI is InChI=1S/C33H37N5O3S/c1-33(2,3)28-16-22-17-38(31(40)29(22)42-28)27-7-5-6-24(25(27)19-39)26-18-37(4)32(41)30(36-26)35-23-10-8-20(9-11-23)21-12-14-34-15-13-21/h5-11,16,18,21,34,39H,12-15,17,19H2,1-4H3,(H,35,36). The van der Waals surface area contributed by atoms with Gasteiger partial charge in [-0.25, -0.2) is 4.98 Å². The van der Waals surface area contributed by atoms with E-state index in [0.717, 1.165) is 42.1 Å². The fraction of sp³-hybridized carbons (Fsp3) is 0.364. The molecule has 9 heteroatoms. The van der Waals surface area contributed by atoms with Crippen LogP contribution in [0.1, 0.15) is 70.8 Å². The summed E-state index contributed by atoms with van der Waals surface area (Å²) in [6.45, 7) is 8.70. The van der Waals surface area contributed by atoms with Gasteiger partial charge in [0.1, 0.15) is 0 Å². The number of nitrogens with zero attached hydrogens (tertiary/aromatic N) is 3. The molecule has 2 aliphatic heterocycles. The molecule has 2 aromatic carbocycles. The van der Waals surface area contributed by atoms with Crippen molar-refractivity contribution in [2.24, 2.45) is 7.05 Å². The Morgan fingerprint density at radius 1 is 1.10 bits per heavy atom. The van der Waals surface area contributed by atoms with Gasteiger partial charge in [-0.2, -0.15) is 0 Å². The van der Waals surface area contributed by atoms with Crippen molar-refractivity contribution in [3.05, 3.63) is 91.5 Å². The van der Waals surface area contributed by atoms with Crippen LogP contribution in [0.3, 0.4) is 0 Å². The van der Waals surface area contributed by atoms with E-state index in [1.807, 2.05) is 30.3 Å². The maximum absolute atomic E-state index is 13.5. The molecule has 6 rings (SSSR count). The summed E-state index contributed by atoms with van der Waals surface area (Å²) in [5, 5.41) is 17.2. The first kappa shape index (κ1) is 28.3. The lowest BCUT2D eigenvalue weighted by atomic mass is 9.90. The first-order valence-corrected chi connectivity index (χ1v) is 15.3. The zero-order chi connectivity index (χ0) is 29.6. The normalized spacial score (nSPS) is 15.7. The average Bonchev–Trinajstić information content (AvgIpc) is 3.55.